The molecule has 5 nitrogen and oxygen atoms in total. The van der Waals surface area contributed by atoms with Crippen molar-refractivity contribution < 1.29 is 9.47 Å². The molecule has 136 valence electrons. The first-order chi connectivity index (χ1) is 11.8. The molecule has 2 aromatic rings. The lowest BCUT2D eigenvalue weighted by molar-refractivity contribution is 0.390. The van der Waals surface area contributed by atoms with Crippen molar-refractivity contribution in [2.75, 3.05) is 32.2 Å². The summed E-state index contributed by atoms with van der Waals surface area (Å²) in [5, 5.41) is 3.48. The Hall–Kier alpha value is -1.98. The highest BCUT2D eigenvalue weighted by molar-refractivity contribution is 5.85. The summed E-state index contributed by atoms with van der Waals surface area (Å²) in [5.41, 5.74) is 2.37. The second-order valence-electron chi connectivity index (χ2n) is 6.00. The third-order valence-corrected chi connectivity index (χ3v) is 4.38. The van der Waals surface area contributed by atoms with Crippen molar-refractivity contribution in [2.45, 2.75) is 25.9 Å². The molecule has 0 aliphatic carbocycles. The van der Waals surface area contributed by atoms with Gasteiger partial charge in [0.25, 0.3) is 0 Å². The van der Waals surface area contributed by atoms with Gasteiger partial charge in [-0.15, -0.1) is 12.4 Å². The predicted octanol–water partition coefficient (Wildman–Crippen LogP) is 3.41. The minimum absolute atomic E-state index is 0. The Labute approximate surface area is 155 Å². The lowest BCUT2D eigenvalue weighted by Gasteiger charge is -2.17. The van der Waals surface area contributed by atoms with Crippen LogP contribution in [-0.4, -0.2) is 32.3 Å². The maximum Gasteiger partial charge on any atom is 0.128 e. The molecule has 0 bridgehead atoms. The number of nitrogens with one attached hydrogen (secondary N) is 1. The highest BCUT2D eigenvalue weighted by Crippen LogP contribution is 2.24. The van der Waals surface area contributed by atoms with E-state index in [1.807, 2.05) is 24.4 Å². The van der Waals surface area contributed by atoms with Crippen LogP contribution in [0.4, 0.5) is 5.82 Å². The summed E-state index contributed by atoms with van der Waals surface area (Å²) < 4.78 is 10.7. The van der Waals surface area contributed by atoms with Gasteiger partial charge in [-0.05, 0) is 36.6 Å². The van der Waals surface area contributed by atoms with Crippen LogP contribution < -0.4 is 19.7 Å². The first-order valence-corrected chi connectivity index (χ1v) is 8.41. The molecule has 0 atom stereocenters. The smallest absolute Gasteiger partial charge is 0.128 e. The fourth-order valence-electron chi connectivity index (χ4n) is 3.03. The largest absolute Gasteiger partial charge is 0.497 e. The van der Waals surface area contributed by atoms with Crippen LogP contribution in [0.25, 0.3) is 0 Å². The number of pyridine rings is 1. The number of rotatable bonds is 7. The zero-order valence-corrected chi connectivity index (χ0v) is 15.6. The van der Waals surface area contributed by atoms with Gasteiger partial charge >= 0.3 is 0 Å². The molecule has 25 heavy (non-hydrogen) atoms. The Morgan fingerprint density at radius 1 is 1.04 bits per heavy atom. The Morgan fingerprint density at radius 2 is 1.84 bits per heavy atom. The van der Waals surface area contributed by atoms with Crippen LogP contribution in [0.15, 0.2) is 36.5 Å². The molecule has 0 radical (unpaired) electrons. The van der Waals surface area contributed by atoms with Gasteiger partial charge in [0.15, 0.2) is 0 Å². The minimum atomic E-state index is 0. The van der Waals surface area contributed by atoms with Crippen LogP contribution in [0, 0.1) is 0 Å². The standard InChI is InChI=1S/C19H25N3O2.ClH/c1-23-17-6-5-16(18(12-17)24-2)14-20-13-15-7-8-21-19(11-15)22-9-3-4-10-22;/h5-8,11-12,20H,3-4,9-10,13-14H2,1-2H3;1H. The number of hydrogen-bond donors (Lipinski definition) is 1. The maximum atomic E-state index is 5.44. The van der Waals surface area contributed by atoms with Crippen molar-refractivity contribution >= 4 is 18.2 Å². The molecule has 1 N–H and O–H groups in total. The number of anilines is 1. The van der Waals surface area contributed by atoms with Gasteiger partial charge in [-0.1, -0.05) is 6.07 Å². The summed E-state index contributed by atoms with van der Waals surface area (Å²) >= 11 is 0. The predicted molar refractivity (Wildman–Crippen MR) is 103 cm³/mol. The average molecular weight is 364 g/mol. The SMILES string of the molecule is COc1ccc(CNCc2ccnc(N3CCCC3)c2)c(OC)c1.Cl. The molecule has 1 fully saturated rings. The number of benzene rings is 1. The van der Waals surface area contributed by atoms with Gasteiger partial charge in [-0.3, -0.25) is 0 Å². The van der Waals surface area contributed by atoms with E-state index >= 15 is 0 Å². The zero-order chi connectivity index (χ0) is 16.8. The molecule has 1 aromatic carbocycles. The number of ether oxygens (including phenoxy) is 2. The molecule has 1 aliphatic rings. The zero-order valence-electron chi connectivity index (χ0n) is 14.8. The highest BCUT2D eigenvalue weighted by Gasteiger charge is 2.13. The lowest BCUT2D eigenvalue weighted by Crippen LogP contribution is -2.19. The molecular formula is C19H26ClN3O2. The molecule has 1 aliphatic heterocycles. The molecule has 3 rings (SSSR count). The van der Waals surface area contributed by atoms with E-state index in [1.165, 1.54) is 18.4 Å². The summed E-state index contributed by atoms with van der Waals surface area (Å²) in [5.74, 6) is 2.74. The molecular weight excluding hydrogens is 338 g/mol. The Kier molecular flexibility index (Phi) is 7.34. The molecule has 1 aromatic heterocycles. The fraction of sp³-hybridized carbons (Fsp3) is 0.421. The van der Waals surface area contributed by atoms with Crippen molar-refractivity contribution in [1.82, 2.24) is 10.3 Å². The number of halogens is 1. The van der Waals surface area contributed by atoms with Gasteiger partial charge in [0.2, 0.25) is 0 Å². The van der Waals surface area contributed by atoms with Crippen LogP contribution in [-0.2, 0) is 13.1 Å². The van der Waals surface area contributed by atoms with Crippen LogP contribution in [0.5, 0.6) is 11.5 Å². The molecule has 0 saturated carbocycles. The van der Waals surface area contributed by atoms with Crippen LogP contribution >= 0.6 is 12.4 Å². The molecule has 2 heterocycles. The van der Waals surface area contributed by atoms with E-state index in [0.29, 0.717) is 0 Å². The van der Waals surface area contributed by atoms with Gasteiger partial charge in [-0.2, -0.15) is 0 Å². The Bertz CT molecular complexity index is 675. The maximum absolute atomic E-state index is 5.44. The lowest BCUT2D eigenvalue weighted by atomic mass is 10.2. The van der Waals surface area contributed by atoms with E-state index in [2.05, 4.69) is 27.3 Å². The fourth-order valence-corrected chi connectivity index (χ4v) is 3.03. The molecule has 6 heteroatoms. The third-order valence-electron chi connectivity index (χ3n) is 4.38. The highest BCUT2D eigenvalue weighted by atomic mass is 35.5. The number of aromatic nitrogens is 1. The molecule has 0 spiro atoms. The van der Waals surface area contributed by atoms with Crippen molar-refractivity contribution in [2.24, 2.45) is 0 Å². The van der Waals surface area contributed by atoms with Crippen LogP contribution in [0.3, 0.4) is 0 Å². The second kappa shape index (κ2) is 9.49. The van der Waals surface area contributed by atoms with Crippen molar-refractivity contribution in [3.8, 4) is 11.5 Å². The summed E-state index contributed by atoms with van der Waals surface area (Å²) in [7, 11) is 3.34. The van der Waals surface area contributed by atoms with E-state index in [9.17, 15) is 0 Å². The molecule has 0 unspecified atom stereocenters. The van der Waals surface area contributed by atoms with Gasteiger partial charge in [-0.25, -0.2) is 4.98 Å². The minimum Gasteiger partial charge on any atom is -0.497 e. The Morgan fingerprint density at radius 3 is 2.56 bits per heavy atom. The third kappa shape index (κ3) is 5.00. The van der Waals surface area contributed by atoms with E-state index < -0.39 is 0 Å². The first-order valence-electron chi connectivity index (χ1n) is 8.41. The second-order valence-corrected chi connectivity index (χ2v) is 6.00. The summed E-state index contributed by atoms with van der Waals surface area (Å²) in [6, 6.07) is 10.2. The number of methoxy groups -OCH3 is 2. The molecule has 0 amide bonds. The van der Waals surface area contributed by atoms with Crippen LogP contribution in [0.2, 0.25) is 0 Å². The number of nitrogens with zero attached hydrogens (tertiary/aromatic N) is 2. The topological polar surface area (TPSA) is 46.6 Å². The number of hydrogen-bond acceptors (Lipinski definition) is 5. The normalized spacial score (nSPS) is 13.4. The molecule has 1 saturated heterocycles. The van der Waals surface area contributed by atoms with E-state index in [1.54, 1.807) is 14.2 Å². The first kappa shape index (κ1) is 19.3. The van der Waals surface area contributed by atoms with Crippen LogP contribution in [0.1, 0.15) is 24.0 Å². The summed E-state index contributed by atoms with van der Waals surface area (Å²) in [6.45, 7) is 3.78. The Balaban J connectivity index is 0.00000225. The monoisotopic (exact) mass is 363 g/mol. The van der Waals surface area contributed by atoms with Gasteiger partial charge in [0.1, 0.15) is 17.3 Å². The van der Waals surface area contributed by atoms with E-state index in [0.717, 1.165) is 49.1 Å². The summed E-state index contributed by atoms with van der Waals surface area (Å²) in [4.78, 5) is 6.86. The van der Waals surface area contributed by atoms with Gasteiger partial charge < -0.3 is 19.7 Å². The van der Waals surface area contributed by atoms with Gasteiger partial charge in [0.05, 0.1) is 14.2 Å². The van der Waals surface area contributed by atoms with Crippen molar-refractivity contribution in [3.63, 3.8) is 0 Å². The average Bonchev–Trinajstić information content (AvgIpc) is 3.17. The van der Waals surface area contributed by atoms with Crippen molar-refractivity contribution in [3.05, 3.63) is 47.7 Å². The van der Waals surface area contributed by atoms with E-state index in [-0.39, 0.29) is 12.4 Å². The van der Waals surface area contributed by atoms with Crippen molar-refractivity contribution in [1.29, 1.82) is 0 Å². The summed E-state index contributed by atoms with van der Waals surface area (Å²) in [6.07, 6.45) is 4.43. The quantitative estimate of drug-likeness (QED) is 0.816. The van der Waals surface area contributed by atoms with E-state index in [4.69, 9.17) is 9.47 Å². The van der Waals surface area contributed by atoms with Gasteiger partial charge in [0, 0.05) is 44.0 Å².